The summed E-state index contributed by atoms with van der Waals surface area (Å²) in [4.78, 5) is 62.5. The number of β-lactam (4-membered cyclic amide) rings is 1. The zero-order valence-electron chi connectivity index (χ0n) is 19.7. The third-order valence-electron chi connectivity index (χ3n) is 5.05. The summed E-state index contributed by atoms with van der Waals surface area (Å²) in [5, 5.41) is 14.2. The number of thioether (sulfide) groups is 1. The third kappa shape index (κ3) is 6.13. The van der Waals surface area contributed by atoms with Crippen LogP contribution >= 0.6 is 11.8 Å². The van der Waals surface area contributed by atoms with Gasteiger partial charge in [0.05, 0.1) is 0 Å². The summed E-state index contributed by atoms with van der Waals surface area (Å²) in [5.41, 5.74) is -0.266. The number of esters is 1. The Kier molecular flexibility index (Phi) is 7.73. The van der Waals surface area contributed by atoms with Crippen LogP contribution in [-0.2, 0) is 28.7 Å². The first-order valence-corrected chi connectivity index (χ1v) is 11.8. The summed E-state index contributed by atoms with van der Waals surface area (Å²) < 4.78 is 10.2. The summed E-state index contributed by atoms with van der Waals surface area (Å²) in [7, 11) is 0. The number of hydrogen-bond donors (Lipinski definition) is 3. The molecule has 188 valence electrons. The average molecular weight is 506 g/mol. The molecule has 1 aromatic rings. The van der Waals surface area contributed by atoms with Crippen LogP contribution in [0.1, 0.15) is 39.3 Å². The summed E-state index contributed by atoms with van der Waals surface area (Å²) in [6.45, 7) is 6.03. The lowest BCUT2D eigenvalue weighted by molar-refractivity contribution is -0.151. The van der Waals surface area contributed by atoms with E-state index in [9.17, 15) is 29.1 Å². The maximum absolute atomic E-state index is 13.2. The number of carbonyl (C=O) groups excluding carboxylic acids is 4. The highest BCUT2D eigenvalue weighted by Crippen LogP contribution is 2.40. The van der Waals surface area contributed by atoms with Crippen LogP contribution in [0.25, 0.3) is 0 Å². The zero-order valence-corrected chi connectivity index (χ0v) is 20.5. The number of aliphatic carboxylic acids is 1. The second-order valence-electron chi connectivity index (χ2n) is 8.92. The lowest BCUT2D eigenvalue weighted by Gasteiger charge is -2.49. The van der Waals surface area contributed by atoms with Gasteiger partial charge < -0.3 is 25.2 Å². The second kappa shape index (κ2) is 10.4. The highest BCUT2D eigenvalue weighted by molar-refractivity contribution is 8.00. The van der Waals surface area contributed by atoms with Gasteiger partial charge in [0.1, 0.15) is 35.4 Å². The number of alkyl carbamates (subject to hydrolysis) is 1. The first kappa shape index (κ1) is 26.1. The molecule has 3 N–H and O–H groups in total. The Morgan fingerprint density at radius 1 is 1.20 bits per heavy atom. The van der Waals surface area contributed by atoms with Crippen molar-refractivity contribution in [3.8, 4) is 0 Å². The molecule has 0 radical (unpaired) electrons. The molecule has 35 heavy (non-hydrogen) atoms. The molecule has 2 aliphatic heterocycles. The molecule has 0 spiro atoms. The second-order valence-corrected chi connectivity index (χ2v) is 10.0. The largest absolute Gasteiger partial charge is 0.477 e. The number of nitrogens with zero attached hydrogens (tertiary/aromatic N) is 1. The van der Waals surface area contributed by atoms with Gasteiger partial charge in [-0.1, -0.05) is 30.3 Å². The molecule has 1 saturated heterocycles. The number of nitrogens with one attached hydrogen (secondary N) is 2. The number of fused-ring (bicyclic) bond motifs is 1. The van der Waals surface area contributed by atoms with Gasteiger partial charge in [-0.3, -0.25) is 19.3 Å². The van der Waals surface area contributed by atoms with Crippen LogP contribution in [0, 0.1) is 0 Å². The maximum Gasteiger partial charge on any atom is 0.408 e. The third-order valence-corrected chi connectivity index (χ3v) is 6.39. The fourth-order valence-corrected chi connectivity index (χ4v) is 4.92. The van der Waals surface area contributed by atoms with Gasteiger partial charge in [-0.15, -0.1) is 11.8 Å². The number of ether oxygens (including phenoxy) is 2. The normalized spacial score (nSPS) is 20.2. The highest BCUT2D eigenvalue weighted by atomic mass is 32.2. The predicted molar refractivity (Wildman–Crippen MR) is 125 cm³/mol. The number of carboxylic acids is 1. The van der Waals surface area contributed by atoms with E-state index in [1.807, 2.05) is 0 Å². The van der Waals surface area contributed by atoms with Gasteiger partial charge in [0.15, 0.2) is 0 Å². The molecular formula is C23H27N3O8S. The van der Waals surface area contributed by atoms with E-state index in [1.54, 1.807) is 51.1 Å². The van der Waals surface area contributed by atoms with E-state index in [2.05, 4.69) is 10.6 Å². The molecule has 0 bridgehead atoms. The van der Waals surface area contributed by atoms with Crippen molar-refractivity contribution in [3.63, 3.8) is 0 Å². The summed E-state index contributed by atoms with van der Waals surface area (Å²) in [6, 6.07) is 6.32. The molecule has 2 aliphatic rings. The number of hydrogen-bond acceptors (Lipinski definition) is 8. The lowest BCUT2D eigenvalue weighted by atomic mass is 10.0. The van der Waals surface area contributed by atoms with Crippen LogP contribution < -0.4 is 10.6 Å². The molecule has 0 saturated carbocycles. The Hall–Kier alpha value is -3.54. The van der Waals surface area contributed by atoms with E-state index in [-0.39, 0.29) is 18.1 Å². The van der Waals surface area contributed by atoms with E-state index in [4.69, 9.17) is 9.47 Å². The van der Waals surface area contributed by atoms with E-state index < -0.39 is 52.9 Å². The van der Waals surface area contributed by atoms with Crippen molar-refractivity contribution in [3.05, 3.63) is 47.2 Å². The molecule has 11 nitrogen and oxygen atoms in total. The molecule has 1 unspecified atom stereocenters. The Labute approximate surface area is 206 Å². The molecular weight excluding hydrogens is 478 g/mol. The minimum atomic E-state index is -1.33. The molecule has 3 rings (SSSR count). The standard InChI is InChI=1S/C23H27N3O8S/c1-12(27)33-10-14-11-35-20-16(19(29)26(20)17(14)21(30)31)24-18(28)15(13-8-6-5-7-9-13)25-22(32)34-23(2,3)4/h5-9,15-16,20H,10-11H2,1-4H3,(H,24,28)(H,25,32)(H,30,31)/t15?,16-,20-/m1/s1. The summed E-state index contributed by atoms with van der Waals surface area (Å²) in [5.74, 6) is -2.96. The summed E-state index contributed by atoms with van der Waals surface area (Å²) in [6.07, 6.45) is -0.804. The van der Waals surface area contributed by atoms with E-state index in [0.29, 0.717) is 11.1 Å². The van der Waals surface area contributed by atoms with Gasteiger partial charge in [0, 0.05) is 18.2 Å². The van der Waals surface area contributed by atoms with Crippen molar-refractivity contribution in [2.75, 3.05) is 12.4 Å². The summed E-state index contributed by atoms with van der Waals surface area (Å²) >= 11 is 1.24. The van der Waals surface area contributed by atoms with Crippen molar-refractivity contribution in [2.45, 2.75) is 50.8 Å². The Bertz CT molecular complexity index is 1070. The molecule has 0 aliphatic carbocycles. The van der Waals surface area contributed by atoms with Crippen LogP contribution in [0.4, 0.5) is 4.79 Å². The van der Waals surface area contributed by atoms with Crippen LogP contribution in [0.2, 0.25) is 0 Å². The fraction of sp³-hybridized carbons (Fsp3) is 0.435. The van der Waals surface area contributed by atoms with Gasteiger partial charge >= 0.3 is 18.0 Å². The van der Waals surface area contributed by atoms with Gasteiger partial charge in [-0.2, -0.15) is 0 Å². The quantitative estimate of drug-likeness (QED) is 0.370. The molecule has 0 aromatic heterocycles. The van der Waals surface area contributed by atoms with E-state index in [0.717, 1.165) is 4.90 Å². The highest BCUT2D eigenvalue weighted by Gasteiger charge is 2.54. The number of carboxylic acid groups (broad SMARTS) is 1. The van der Waals surface area contributed by atoms with Crippen molar-refractivity contribution < 1.29 is 38.6 Å². The van der Waals surface area contributed by atoms with Gasteiger partial charge in [0.2, 0.25) is 5.91 Å². The van der Waals surface area contributed by atoms with Gasteiger partial charge in [-0.05, 0) is 26.3 Å². The van der Waals surface area contributed by atoms with Gasteiger partial charge in [-0.25, -0.2) is 9.59 Å². The van der Waals surface area contributed by atoms with E-state index in [1.165, 1.54) is 18.7 Å². The monoisotopic (exact) mass is 505 g/mol. The molecule has 3 amide bonds. The van der Waals surface area contributed by atoms with Crippen LogP contribution in [0.3, 0.4) is 0 Å². The van der Waals surface area contributed by atoms with Crippen molar-refractivity contribution in [2.24, 2.45) is 0 Å². The Morgan fingerprint density at radius 3 is 2.43 bits per heavy atom. The molecule has 2 heterocycles. The van der Waals surface area contributed by atoms with Crippen LogP contribution in [-0.4, -0.2) is 69.2 Å². The number of benzene rings is 1. The Balaban J connectivity index is 1.77. The fourth-order valence-electron chi connectivity index (χ4n) is 3.59. The first-order chi connectivity index (χ1) is 16.4. The smallest absolute Gasteiger partial charge is 0.408 e. The van der Waals surface area contributed by atoms with Crippen molar-refractivity contribution >= 4 is 41.6 Å². The van der Waals surface area contributed by atoms with Gasteiger partial charge in [0.25, 0.3) is 5.91 Å². The SMILES string of the molecule is CC(=O)OCC1=C(C(=O)O)N2C(=O)[C@@H](NC(=O)C(NC(=O)OC(C)(C)C)c3ccccc3)[C@H]2SC1. The number of rotatable bonds is 7. The average Bonchev–Trinajstić information content (AvgIpc) is 2.77. The topological polar surface area (TPSA) is 151 Å². The minimum Gasteiger partial charge on any atom is -0.477 e. The molecule has 3 atom stereocenters. The molecule has 1 aromatic carbocycles. The molecule has 12 heteroatoms. The maximum atomic E-state index is 13.2. The number of amides is 3. The van der Waals surface area contributed by atoms with Crippen LogP contribution in [0.5, 0.6) is 0 Å². The minimum absolute atomic E-state index is 0.202. The Morgan fingerprint density at radius 2 is 1.86 bits per heavy atom. The van der Waals surface area contributed by atoms with Crippen molar-refractivity contribution in [1.82, 2.24) is 15.5 Å². The predicted octanol–water partition coefficient (Wildman–Crippen LogP) is 1.55. The molecule has 1 fully saturated rings. The first-order valence-electron chi connectivity index (χ1n) is 10.8. The van der Waals surface area contributed by atoms with E-state index >= 15 is 0 Å². The number of carbonyl (C=O) groups is 5. The lowest BCUT2D eigenvalue weighted by Crippen LogP contribution is -2.71. The van der Waals surface area contributed by atoms with Crippen molar-refractivity contribution in [1.29, 1.82) is 0 Å². The van der Waals surface area contributed by atoms with Crippen LogP contribution in [0.15, 0.2) is 41.6 Å². The zero-order chi connectivity index (χ0) is 25.9.